The zero-order valence-corrected chi connectivity index (χ0v) is 11.3. The summed E-state index contributed by atoms with van der Waals surface area (Å²) < 4.78 is 18.0. The summed E-state index contributed by atoms with van der Waals surface area (Å²) in [6.45, 7) is 0.180. The lowest BCUT2D eigenvalue weighted by molar-refractivity contribution is -0.134. The van der Waals surface area contributed by atoms with Crippen molar-refractivity contribution in [3.05, 3.63) is 30.1 Å². The smallest absolute Gasteiger partial charge is 0.243 e. The highest BCUT2D eigenvalue weighted by Crippen LogP contribution is 2.11. The van der Waals surface area contributed by atoms with Crippen molar-refractivity contribution in [2.24, 2.45) is 0 Å². The van der Waals surface area contributed by atoms with Gasteiger partial charge in [0.05, 0.1) is 6.04 Å². The molecule has 0 aliphatic carbocycles. The second kappa shape index (κ2) is 7.14. The molecule has 114 valence electrons. The van der Waals surface area contributed by atoms with Gasteiger partial charge in [0.15, 0.2) is 0 Å². The molecule has 2 rings (SSSR count). The number of ether oxygens (including phenoxy) is 1. The molecule has 2 unspecified atom stereocenters. The van der Waals surface area contributed by atoms with Gasteiger partial charge in [-0.05, 0) is 30.7 Å². The summed E-state index contributed by atoms with van der Waals surface area (Å²) in [5.41, 5.74) is 0. The predicted octanol–water partition coefficient (Wildman–Crippen LogP) is -0.0398. The molecular weight excluding hydrogens is 279 g/mol. The van der Waals surface area contributed by atoms with Crippen LogP contribution in [-0.2, 0) is 9.59 Å². The van der Waals surface area contributed by atoms with Crippen LogP contribution in [0.4, 0.5) is 4.39 Å². The van der Waals surface area contributed by atoms with Crippen LogP contribution in [0.15, 0.2) is 24.3 Å². The molecule has 1 saturated heterocycles. The van der Waals surface area contributed by atoms with Crippen molar-refractivity contribution in [3.63, 3.8) is 0 Å². The minimum absolute atomic E-state index is 0.0197. The number of amides is 2. The number of aliphatic hydroxyl groups excluding tert-OH is 1. The first-order valence-corrected chi connectivity index (χ1v) is 6.68. The molecule has 1 aliphatic rings. The van der Waals surface area contributed by atoms with Crippen LogP contribution in [0, 0.1) is 5.82 Å². The number of halogens is 1. The summed E-state index contributed by atoms with van der Waals surface area (Å²) >= 11 is 0. The van der Waals surface area contributed by atoms with Crippen LogP contribution in [0.5, 0.6) is 5.75 Å². The van der Waals surface area contributed by atoms with Crippen molar-refractivity contribution in [2.45, 2.75) is 25.0 Å². The lowest BCUT2D eigenvalue weighted by Gasteiger charge is -2.23. The number of benzene rings is 1. The lowest BCUT2D eigenvalue weighted by atomic mass is 10.1. The van der Waals surface area contributed by atoms with Crippen LogP contribution >= 0.6 is 0 Å². The van der Waals surface area contributed by atoms with Crippen LogP contribution in [0.2, 0.25) is 0 Å². The van der Waals surface area contributed by atoms with Gasteiger partial charge in [0.25, 0.3) is 0 Å². The van der Waals surface area contributed by atoms with Crippen LogP contribution in [0.1, 0.15) is 12.8 Å². The van der Waals surface area contributed by atoms with Gasteiger partial charge in [-0.2, -0.15) is 0 Å². The molecule has 0 bridgehead atoms. The van der Waals surface area contributed by atoms with Crippen molar-refractivity contribution in [1.29, 1.82) is 0 Å². The number of nitrogens with one attached hydrogen (secondary N) is 2. The quantitative estimate of drug-likeness (QED) is 0.641. The van der Waals surface area contributed by atoms with E-state index in [2.05, 4.69) is 10.6 Å². The average molecular weight is 296 g/mol. The SMILES string of the molecule is O=C1CCC(NCC(O)COc2ccc(F)cc2)C(=O)N1. The van der Waals surface area contributed by atoms with Gasteiger partial charge >= 0.3 is 0 Å². The molecule has 1 fully saturated rings. The largest absolute Gasteiger partial charge is 0.491 e. The summed E-state index contributed by atoms with van der Waals surface area (Å²) in [6, 6.07) is 4.99. The molecule has 1 aliphatic heterocycles. The molecule has 0 saturated carbocycles. The summed E-state index contributed by atoms with van der Waals surface area (Å²) in [5, 5.41) is 14.9. The minimum atomic E-state index is -0.819. The minimum Gasteiger partial charge on any atom is -0.491 e. The molecule has 0 spiro atoms. The van der Waals surface area contributed by atoms with E-state index in [-0.39, 0.29) is 37.2 Å². The Hall–Kier alpha value is -1.99. The van der Waals surface area contributed by atoms with E-state index in [0.29, 0.717) is 12.2 Å². The fourth-order valence-electron chi connectivity index (χ4n) is 1.95. The number of carbonyl (C=O) groups excluding carboxylic acids is 2. The van der Waals surface area contributed by atoms with Gasteiger partial charge in [-0.15, -0.1) is 0 Å². The second-order valence-electron chi connectivity index (χ2n) is 4.83. The van der Waals surface area contributed by atoms with Crippen molar-refractivity contribution in [2.75, 3.05) is 13.2 Å². The fraction of sp³-hybridized carbons (Fsp3) is 0.429. The summed E-state index contributed by atoms with van der Waals surface area (Å²) in [7, 11) is 0. The Morgan fingerprint density at radius 3 is 2.76 bits per heavy atom. The molecule has 0 aromatic heterocycles. The van der Waals surface area contributed by atoms with Gasteiger partial charge in [0, 0.05) is 13.0 Å². The number of carbonyl (C=O) groups is 2. The summed E-state index contributed by atoms with van der Waals surface area (Å²) in [5.74, 6) is -0.560. The Bertz CT molecular complexity index is 506. The highest BCUT2D eigenvalue weighted by Gasteiger charge is 2.26. The Morgan fingerprint density at radius 2 is 2.10 bits per heavy atom. The number of hydrogen-bond acceptors (Lipinski definition) is 5. The molecule has 1 aromatic rings. The third kappa shape index (κ3) is 4.80. The van der Waals surface area contributed by atoms with E-state index in [1.54, 1.807) is 0 Å². The maximum Gasteiger partial charge on any atom is 0.243 e. The van der Waals surface area contributed by atoms with Crippen molar-refractivity contribution in [3.8, 4) is 5.75 Å². The monoisotopic (exact) mass is 296 g/mol. The first-order valence-electron chi connectivity index (χ1n) is 6.68. The van der Waals surface area contributed by atoms with E-state index in [1.807, 2.05) is 0 Å². The Morgan fingerprint density at radius 1 is 1.38 bits per heavy atom. The van der Waals surface area contributed by atoms with E-state index in [4.69, 9.17) is 4.74 Å². The third-order valence-corrected chi connectivity index (χ3v) is 3.10. The van der Waals surface area contributed by atoms with E-state index in [9.17, 15) is 19.1 Å². The van der Waals surface area contributed by atoms with Gasteiger partial charge in [0.2, 0.25) is 11.8 Å². The number of aliphatic hydroxyl groups is 1. The molecule has 2 amide bonds. The summed E-state index contributed by atoms with van der Waals surface area (Å²) in [6.07, 6.45) is -0.123. The normalized spacial score (nSPS) is 20.0. The number of rotatable bonds is 6. The third-order valence-electron chi connectivity index (χ3n) is 3.10. The van der Waals surface area contributed by atoms with Crippen molar-refractivity contribution in [1.82, 2.24) is 10.6 Å². The molecular formula is C14H17FN2O4. The van der Waals surface area contributed by atoms with E-state index in [1.165, 1.54) is 24.3 Å². The highest BCUT2D eigenvalue weighted by molar-refractivity contribution is 6.00. The summed E-state index contributed by atoms with van der Waals surface area (Å²) in [4.78, 5) is 22.5. The Labute approximate surface area is 121 Å². The number of imide groups is 1. The van der Waals surface area contributed by atoms with Crippen LogP contribution in [0.25, 0.3) is 0 Å². The first-order chi connectivity index (χ1) is 10.0. The molecule has 1 aromatic carbocycles. The lowest BCUT2D eigenvalue weighted by Crippen LogP contribution is -2.52. The molecule has 7 heteroatoms. The Kier molecular flexibility index (Phi) is 5.24. The molecule has 6 nitrogen and oxygen atoms in total. The maximum atomic E-state index is 12.7. The van der Waals surface area contributed by atoms with E-state index < -0.39 is 12.1 Å². The molecule has 2 atom stereocenters. The van der Waals surface area contributed by atoms with Gasteiger partial charge in [-0.25, -0.2) is 4.39 Å². The number of hydrogen-bond donors (Lipinski definition) is 3. The Balaban J connectivity index is 1.70. The van der Waals surface area contributed by atoms with Crippen LogP contribution in [0.3, 0.4) is 0 Å². The molecule has 0 radical (unpaired) electrons. The molecule has 21 heavy (non-hydrogen) atoms. The van der Waals surface area contributed by atoms with Crippen LogP contribution in [-0.4, -0.2) is 42.2 Å². The number of piperidine rings is 1. The van der Waals surface area contributed by atoms with Gasteiger partial charge in [-0.1, -0.05) is 0 Å². The standard InChI is InChI=1S/C14H17FN2O4/c15-9-1-3-11(4-2-9)21-8-10(18)7-16-12-5-6-13(19)17-14(12)20/h1-4,10,12,16,18H,5-8H2,(H,17,19,20). The predicted molar refractivity (Wildman–Crippen MR) is 72.1 cm³/mol. The van der Waals surface area contributed by atoms with E-state index in [0.717, 1.165) is 0 Å². The fourth-order valence-corrected chi connectivity index (χ4v) is 1.95. The maximum absolute atomic E-state index is 12.7. The van der Waals surface area contributed by atoms with Gasteiger partial charge in [0.1, 0.15) is 24.3 Å². The van der Waals surface area contributed by atoms with Gasteiger partial charge < -0.3 is 15.2 Å². The average Bonchev–Trinajstić information content (AvgIpc) is 2.46. The van der Waals surface area contributed by atoms with Crippen LogP contribution < -0.4 is 15.4 Å². The highest BCUT2D eigenvalue weighted by atomic mass is 19.1. The first kappa shape index (κ1) is 15.4. The zero-order valence-electron chi connectivity index (χ0n) is 11.3. The van der Waals surface area contributed by atoms with Gasteiger partial charge in [-0.3, -0.25) is 14.9 Å². The second-order valence-corrected chi connectivity index (χ2v) is 4.83. The molecule has 1 heterocycles. The van der Waals surface area contributed by atoms with Crippen molar-refractivity contribution < 1.29 is 23.8 Å². The zero-order chi connectivity index (χ0) is 15.2. The van der Waals surface area contributed by atoms with Crippen molar-refractivity contribution >= 4 is 11.8 Å². The van der Waals surface area contributed by atoms with E-state index >= 15 is 0 Å². The molecule has 3 N–H and O–H groups in total. The topological polar surface area (TPSA) is 87.7 Å².